The standard InChI is InChI=1S/C21H26N2O3/c1-4-12-10-23(2)19-8-16-15-7-13(26-3)5-6-18(15)22-21(16)20(25)9-14(12)17(19)11-24/h4-7,14,17,19,22,24H,8-11H2,1-3H3/b12-4-/t14-,17-,19+/m1/s1. The predicted octanol–water partition coefficient (Wildman–Crippen LogP) is 2.79. The fraction of sp³-hybridized carbons (Fsp3) is 0.476. The summed E-state index contributed by atoms with van der Waals surface area (Å²) in [6, 6.07) is 6.11. The van der Waals surface area contributed by atoms with Crippen LogP contribution in [0, 0.1) is 11.8 Å². The molecule has 2 aromatic rings. The van der Waals surface area contributed by atoms with Crippen molar-refractivity contribution in [3.05, 3.63) is 41.1 Å². The largest absolute Gasteiger partial charge is 0.497 e. The Morgan fingerprint density at radius 1 is 1.38 bits per heavy atom. The van der Waals surface area contributed by atoms with E-state index in [2.05, 4.69) is 23.0 Å². The van der Waals surface area contributed by atoms with Gasteiger partial charge in [-0.05, 0) is 50.1 Å². The van der Waals surface area contributed by atoms with Crippen LogP contribution >= 0.6 is 0 Å². The minimum absolute atomic E-state index is 0.0765. The minimum Gasteiger partial charge on any atom is -0.497 e. The molecule has 2 heterocycles. The molecule has 2 aliphatic rings. The zero-order valence-corrected chi connectivity index (χ0v) is 15.6. The second kappa shape index (κ2) is 6.56. The molecule has 0 radical (unpaired) electrons. The number of aliphatic hydroxyl groups excluding tert-OH is 1. The molecule has 5 nitrogen and oxygen atoms in total. The number of benzene rings is 1. The first-order valence-corrected chi connectivity index (χ1v) is 9.25. The van der Waals surface area contributed by atoms with E-state index in [9.17, 15) is 9.90 Å². The van der Waals surface area contributed by atoms with Gasteiger partial charge in [-0.15, -0.1) is 0 Å². The molecule has 1 aliphatic carbocycles. The number of carbonyl (C=O) groups excluding carboxylic acids is 1. The number of likely N-dealkylation sites (N-methyl/N-ethyl adjacent to an activating group) is 1. The van der Waals surface area contributed by atoms with E-state index in [1.54, 1.807) is 7.11 Å². The van der Waals surface area contributed by atoms with E-state index >= 15 is 0 Å². The van der Waals surface area contributed by atoms with Crippen LogP contribution in [0.15, 0.2) is 29.8 Å². The van der Waals surface area contributed by atoms with Crippen molar-refractivity contribution in [1.29, 1.82) is 0 Å². The molecule has 5 heteroatoms. The number of H-pyrrole nitrogens is 1. The van der Waals surface area contributed by atoms with Gasteiger partial charge in [0.15, 0.2) is 5.78 Å². The molecule has 3 atom stereocenters. The van der Waals surface area contributed by atoms with E-state index in [0.717, 1.165) is 40.9 Å². The lowest BCUT2D eigenvalue weighted by molar-refractivity contribution is 0.0518. The number of ketones is 1. The molecule has 2 N–H and O–H groups in total. The number of methoxy groups -OCH3 is 1. The average Bonchev–Trinajstić information content (AvgIpc) is 3.00. The smallest absolute Gasteiger partial charge is 0.179 e. The molecule has 1 saturated heterocycles. The molecular weight excluding hydrogens is 328 g/mol. The van der Waals surface area contributed by atoms with Crippen molar-refractivity contribution in [2.24, 2.45) is 11.8 Å². The van der Waals surface area contributed by atoms with Crippen molar-refractivity contribution in [2.75, 3.05) is 27.3 Å². The Morgan fingerprint density at radius 3 is 2.88 bits per heavy atom. The molecule has 138 valence electrons. The van der Waals surface area contributed by atoms with Gasteiger partial charge in [0.05, 0.1) is 12.8 Å². The Hall–Kier alpha value is -2.11. The number of aromatic amines is 1. The van der Waals surface area contributed by atoms with Crippen LogP contribution in [0.5, 0.6) is 5.75 Å². The molecule has 4 rings (SSSR count). The first-order chi connectivity index (χ1) is 12.6. The first-order valence-electron chi connectivity index (χ1n) is 9.25. The van der Waals surface area contributed by atoms with Gasteiger partial charge < -0.3 is 14.8 Å². The van der Waals surface area contributed by atoms with Crippen LogP contribution in [-0.4, -0.2) is 54.1 Å². The topological polar surface area (TPSA) is 65.6 Å². The number of carbonyl (C=O) groups is 1. The molecule has 0 amide bonds. The molecule has 1 fully saturated rings. The van der Waals surface area contributed by atoms with Crippen LogP contribution in [-0.2, 0) is 6.42 Å². The summed E-state index contributed by atoms with van der Waals surface area (Å²) in [5.74, 6) is 1.12. The average molecular weight is 354 g/mol. The van der Waals surface area contributed by atoms with Crippen LogP contribution in [0.4, 0.5) is 0 Å². The summed E-state index contributed by atoms with van der Waals surface area (Å²) in [4.78, 5) is 18.8. The summed E-state index contributed by atoms with van der Waals surface area (Å²) in [7, 11) is 3.77. The van der Waals surface area contributed by atoms with E-state index in [4.69, 9.17) is 4.74 Å². The number of likely N-dealkylation sites (tertiary alicyclic amines) is 1. The summed E-state index contributed by atoms with van der Waals surface area (Å²) in [5, 5.41) is 11.2. The number of aliphatic hydroxyl groups is 1. The summed E-state index contributed by atoms with van der Waals surface area (Å²) in [5.41, 5.74) is 4.01. The molecule has 2 bridgehead atoms. The van der Waals surface area contributed by atoms with E-state index in [1.165, 1.54) is 5.57 Å². The van der Waals surface area contributed by atoms with Gasteiger partial charge in [-0.1, -0.05) is 11.6 Å². The number of nitrogens with one attached hydrogen (secondary N) is 1. The number of hydrogen-bond acceptors (Lipinski definition) is 4. The van der Waals surface area contributed by atoms with Gasteiger partial charge in [0, 0.05) is 42.4 Å². The summed E-state index contributed by atoms with van der Waals surface area (Å²) >= 11 is 0. The minimum atomic E-state index is 0.0765. The predicted molar refractivity (Wildman–Crippen MR) is 102 cm³/mol. The van der Waals surface area contributed by atoms with Gasteiger partial charge >= 0.3 is 0 Å². The van der Waals surface area contributed by atoms with Crippen molar-refractivity contribution in [3.8, 4) is 5.75 Å². The van der Waals surface area contributed by atoms with Crippen LogP contribution in [0.3, 0.4) is 0 Å². The Bertz CT molecular complexity index is 883. The number of ether oxygens (including phenoxy) is 1. The van der Waals surface area contributed by atoms with E-state index < -0.39 is 0 Å². The maximum absolute atomic E-state index is 13.1. The second-order valence-corrected chi connectivity index (χ2v) is 7.52. The van der Waals surface area contributed by atoms with Gasteiger partial charge in [-0.2, -0.15) is 0 Å². The summed E-state index contributed by atoms with van der Waals surface area (Å²) < 4.78 is 5.38. The monoisotopic (exact) mass is 354 g/mol. The lowest BCUT2D eigenvalue weighted by Gasteiger charge is -2.46. The number of fused-ring (bicyclic) bond motifs is 5. The molecule has 1 aromatic carbocycles. The molecular formula is C21H26N2O3. The molecule has 26 heavy (non-hydrogen) atoms. The number of aromatic nitrogens is 1. The fourth-order valence-corrected chi connectivity index (χ4v) is 4.85. The van der Waals surface area contributed by atoms with Gasteiger partial charge in [0.25, 0.3) is 0 Å². The highest BCUT2D eigenvalue weighted by Crippen LogP contribution is 2.41. The Morgan fingerprint density at radius 2 is 2.19 bits per heavy atom. The van der Waals surface area contributed by atoms with Crippen molar-refractivity contribution in [3.63, 3.8) is 0 Å². The van der Waals surface area contributed by atoms with Gasteiger partial charge in [0.1, 0.15) is 5.75 Å². The van der Waals surface area contributed by atoms with Gasteiger partial charge in [-0.3, -0.25) is 9.69 Å². The molecule has 0 saturated carbocycles. The second-order valence-electron chi connectivity index (χ2n) is 7.52. The Kier molecular flexibility index (Phi) is 4.37. The molecule has 1 aromatic heterocycles. The SMILES string of the molecule is C/C=C1/CN(C)[C@H]2Cc3c([nH]c4ccc(OC)cc34)C(=O)C[C@H]1[C@H]2CO. The highest BCUT2D eigenvalue weighted by Gasteiger charge is 2.42. The third kappa shape index (κ3) is 2.58. The highest BCUT2D eigenvalue weighted by atomic mass is 16.5. The first kappa shape index (κ1) is 17.3. The summed E-state index contributed by atoms with van der Waals surface area (Å²) in [6.07, 6.45) is 3.32. The summed E-state index contributed by atoms with van der Waals surface area (Å²) in [6.45, 7) is 2.99. The van der Waals surface area contributed by atoms with Crippen LogP contribution in [0.25, 0.3) is 10.9 Å². The van der Waals surface area contributed by atoms with Crippen LogP contribution < -0.4 is 4.74 Å². The third-order valence-corrected chi connectivity index (χ3v) is 6.28. The number of piperidine rings is 1. The number of nitrogens with zero attached hydrogens (tertiary/aromatic N) is 1. The Labute approximate surface area is 153 Å². The van der Waals surface area contributed by atoms with E-state index in [-0.39, 0.29) is 30.3 Å². The maximum Gasteiger partial charge on any atom is 0.179 e. The van der Waals surface area contributed by atoms with E-state index in [0.29, 0.717) is 6.42 Å². The fourth-order valence-electron chi connectivity index (χ4n) is 4.85. The maximum atomic E-state index is 13.1. The molecule has 1 aliphatic heterocycles. The third-order valence-electron chi connectivity index (χ3n) is 6.28. The van der Waals surface area contributed by atoms with Crippen LogP contribution in [0.2, 0.25) is 0 Å². The van der Waals surface area contributed by atoms with E-state index in [1.807, 2.05) is 25.1 Å². The van der Waals surface area contributed by atoms with Gasteiger partial charge in [0.2, 0.25) is 0 Å². The lowest BCUT2D eigenvalue weighted by Crippen LogP contribution is -2.52. The van der Waals surface area contributed by atoms with Crippen molar-refractivity contribution in [1.82, 2.24) is 9.88 Å². The zero-order chi connectivity index (χ0) is 18.4. The quantitative estimate of drug-likeness (QED) is 0.814. The molecule has 0 unspecified atom stereocenters. The van der Waals surface area contributed by atoms with Gasteiger partial charge in [-0.25, -0.2) is 0 Å². The zero-order valence-electron chi connectivity index (χ0n) is 15.6. The normalized spacial score (nSPS) is 28.1. The van der Waals surface area contributed by atoms with Crippen molar-refractivity contribution in [2.45, 2.75) is 25.8 Å². The number of hydrogen-bond donors (Lipinski definition) is 2. The van der Waals surface area contributed by atoms with Crippen LogP contribution in [0.1, 0.15) is 29.4 Å². The lowest BCUT2D eigenvalue weighted by atomic mass is 9.71. The number of rotatable bonds is 2. The highest BCUT2D eigenvalue weighted by molar-refractivity contribution is 6.03. The molecule has 0 spiro atoms. The Balaban J connectivity index is 1.89. The van der Waals surface area contributed by atoms with Crippen molar-refractivity contribution >= 4 is 16.7 Å². The van der Waals surface area contributed by atoms with Crippen molar-refractivity contribution < 1.29 is 14.6 Å². The number of allylic oxidation sites excluding steroid dienone is 1. The number of Topliss-reactive ketones (excluding diaryl/α,β-unsaturated/α-hetero) is 1.